The number of guanidine groups is 1. The zero-order valence-corrected chi connectivity index (χ0v) is 8.26. The van der Waals surface area contributed by atoms with Gasteiger partial charge in [-0.05, 0) is 13.3 Å². The average Bonchev–Trinajstić information content (AvgIpc) is 2.80. The fourth-order valence-corrected chi connectivity index (χ4v) is 1.57. The number of hydrogen-bond acceptors (Lipinski definition) is 4. The van der Waals surface area contributed by atoms with Crippen molar-refractivity contribution in [2.45, 2.75) is 31.4 Å². The van der Waals surface area contributed by atoms with Crippen LogP contribution in [0.15, 0.2) is 4.99 Å². The Hall–Kier alpha value is -0.770. The minimum absolute atomic E-state index is 0.0294. The van der Waals surface area contributed by atoms with Gasteiger partial charge in [0.25, 0.3) is 0 Å². The molecule has 1 aliphatic carbocycles. The van der Waals surface area contributed by atoms with Gasteiger partial charge in [-0.25, -0.2) is 0 Å². The second kappa shape index (κ2) is 3.18. The molecule has 0 saturated heterocycles. The summed E-state index contributed by atoms with van der Waals surface area (Å²) in [4.78, 5) is 4.35. The number of nitrogens with zero attached hydrogens (tertiary/aromatic N) is 1. The molecule has 1 fully saturated rings. The zero-order chi connectivity index (χ0) is 9.31. The fourth-order valence-electron chi connectivity index (χ4n) is 1.57. The predicted molar refractivity (Wildman–Crippen MR) is 51.9 cm³/mol. The average molecular weight is 183 g/mol. The van der Waals surface area contributed by atoms with Gasteiger partial charge in [0.15, 0.2) is 5.96 Å². The van der Waals surface area contributed by atoms with E-state index in [0.29, 0.717) is 6.04 Å². The first-order chi connectivity index (χ1) is 6.24. The van der Waals surface area contributed by atoms with Crippen LogP contribution in [-0.2, 0) is 4.74 Å². The first-order valence-corrected chi connectivity index (χ1v) is 4.84. The molecule has 2 rings (SSSR count). The highest BCUT2D eigenvalue weighted by molar-refractivity contribution is 5.81. The molecule has 4 nitrogen and oxygen atoms in total. The zero-order valence-electron chi connectivity index (χ0n) is 8.26. The number of nitrogens with one attached hydrogen (secondary N) is 2. The van der Waals surface area contributed by atoms with Crippen LogP contribution in [0.3, 0.4) is 0 Å². The normalized spacial score (nSPS) is 37.7. The van der Waals surface area contributed by atoms with Crippen molar-refractivity contribution in [3.05, 3.63) is 0 Å². The van der Waals surface area contributed by atoms with Crippen LogP contribution in [0.2, 0.25) is 0 Å². The maximum atomic E-state index is 5.36. The molecular formula is C9H17N3O. The van der Waals surface area contributed by atoms with Crippen molar-refractivity contribution >= 4 is 5.96 Å². The van der Waals surface area contributed by atoms with Crippen LogP contribution in [0.1, 0.15) is 19.8 Å². The lowest BCUT2D eigenvalue weighted by molar-refractivity contribution is 0.0894. The van der Waals surface area contributed by atoms with Crippen LogP contribution in [0.4, 0.5) is 0 Å². The molecule has 0 aromatic carbocycles. The molecule has 4 heteroatoms. The van der Waals surface area contributed by atoms with Crippen LogP contribution in [0.25, 0.3) is 0 Å². The Morgan fingerprint density at radius 3 is 3.08 bits per heavy atom. The Morgan fingerprint density at radius 2 is 2.54 bits per heavy atom. The van der Waals surface area contributed by atoms with Crippen molar-refractivity contribution in [2.24, 2.45) is 4.99 Å². The van der Waals surface area contributed by atoms with Gasteiger partial charge in [-0.3, -0.25) is 4.99 Å². The minimum atomic E-state index is 0.0294. The second-order valence-electron chi connectivity index (χ2n) is 3.93. The van der Waals surface area contributed by atoms with E-state index < -0.39 is 0 Å². The monoisotopic (exact) mass is 183 g/mol. The first kappa shape index (κ1) is 8.81. The van der Waals surface area contributed by atoms with Crippen LogP contribution in [-0.4, -0.2) is 37.8 Å². The molecule has 1 saturated carbocycles. The standard InChI is InChI=1S/C9H17N3O/c1-9(13-2)6-7(9)12-8-10-4-3-5-11-8/h7H,3-6H2,1-2H3,(H2,10,11,12). The van der Waals surface area contributed by atoms with E-state index in [9.17, 15) is 0 Å². The maximum absolute atomic E-state index is 5.36. The quantitative estimate of drug-likeness (QED) is 0.638. The van der Waals surface area contributed by atoms with Gasteiger partial charge in [-0.1, -0.05) is 0 Å². The van der Waals surface area contributed by atoms with E-state index >= 15 is 0 Å². The van der Waals surface area contributed by atoms with Crippen molar-refractivity contribution in [3.63, 3.8) is 0 Å². The van der Waals surface area contributed by atoms with Crippen molar-refractivity contribution in [3.8, 4) is 0 Å². The van der Waals surface area contributed by atoms with E-state index in [1.165, 1.54) is 0 Å². The third-order valence-corrected chi connectivity index (χ3v) is 2.86. The SMILES string of the molecule is COC1(C)CC1NC1=NCCCN1. The molecule has 0 radical (unpaired) electrons. The van der Waals surface area contributed by atoms with Gasteiger partial charge in [0, 0.05) is 26.6 Å². The van der Waals surface area contributed by atoms with Crippen molar-refractivity contribution in [1.29, 1.82) is 0 Å². The van der Waals surface area contributed by atoms with Crippen LogP contribution >= 0.6 is 0 Å². The lowest BCUT2D eigenvalue weighted by atomic mass is 10.3. The highest BCUT2D eigenvalue weighted by Crippen LogP contribution is 2.38. The molecule has 1 heterocycles. The molecule has 2 atom stereocenters. The lowest BCUT2D eigenvalue weighted by Crippen LogP contribution is -2.43. The van der Waals surface area contributed by atoms with Crippen molar-refractivity contribution in [2.75, 3.05) is 20.2 Å². The van der Waals surface area contributed by atoms with Crippen LogP contribution < -0.4 is 10.6 Å². The highest BCUT2D eigenvalue weighted by atomic mass is 16.5. The largest absolute Gasteiger partial charge is 0.376 e. The Balaban J connectivity index is 1.83. The highest BCUT2D eigenvalue weighted by Gasteiger charge is 2.51. The summed E-state index contributed by atoms with van der Waals surface area (Å²) in [6.45, 7) is 4.09. The predicted octanol–water partition coefficient (Wildman–Crippen LogP) is 0.103. The molecule has 0 aromatic heterocycles. The Kier molecular flexibility index (Phi) is 2.15. The van der Waals surface area contributed by atoms with E-state index in [1.807, 2.05) is 0 Å². The summed E-state index contributed by atoms with van der Waals surface area (Å²) >= 11 is 0. The first-order valence-electron chi connectivity index (χ1n) is 4.84. The van der Waals surface area contributed by atoms with E-state index in [0.717, 1.165) is 31.9 Å². The third kappa shape index (κ3) is 1.77. The smallest absolute Gasteiger partial charge is 0.191 e. The molecule has 0 spiro atoms. The lowest BCUT2D eigenvalue weighted by Gasteiger charge is -2.17. The summed E-state index contributed by atoms with van der Waals surface area (Å²) in [5.41, 5.74) is 0.0294. The van der Waals surface area contributed by atoms with Gasteiger partial charge in [-0.15, -0.1) is 0 Å². The number of hydrogen-bond donors (Lipinski definition) is 2. The molecule has 1 aliphatic heterocycles. The number of methoxy groups -OCH3 is 1. The molecule has 2 N–H and O–H groups in total. The molecule has 0 bridgehead atoms. The minimum Gasteiger partial charge on any atom is -0.376 e. The molecule has 2 unspecified atom stereocenters. The van der Waals surface area contributed by atoms with Gasteiger partial charge in [0.2, 0.25) is 0 Å². The Bertz CT molecular complexity index is 229. The van der Waals surface area contributed by atoms with Crippen LogP contribution in [0.5, 0.6) is 0 Å². The summed E-state index contributed by atoms with van der Waals surface area (Å²) in [6.07, 6.45) is 2.21. The molecule has 0 amide bonds. The molecule has 13 heavy (non-hydrogen) atoms. The number of rotatable bonds is 2. The fraction of sp³-hybridized carbons (Fsp3) is 0.889. The topological polar surface area (TPSA) is 45.6 Å². The summed E-state index contributed by atoms with van der Waals surface area (Å²) < 4.78 is 5.36. The molecule has 0 aromatic rings. The summed E-state index contributed by atoms with van der Waals surface area (Å²) in [6, 6.07) is 0.432. The third-order valence-electron chi connectivity index (χ3n) is 2.86. The van der Waals surface area contributed by atoms with Crippen LogP contribution in [0, 0.1) is 0 Å². The molecule has 2 aliphatic rings. The van der Waals surface area contributed by atoms with Gasteiger partial charge in [0.1, 0.15) is 0 Å². The van der Waals surface area contributed by atoms with E-state index in [4.69, 9.17) is 4.74 Å². The number of aliphatic imine (C=N–C) groups is 1. The second-order valence-corrected chi connectivity index (χ2v) is 3.93. The summed E-state index contributed by atoms with van der Waals surface area (Å²) in [5.74, 6) is 0.942. The van der Waals surface area contributed by atoms with Gasteiger partial charge < -0.3 is 15.4 Å². The summed E-state index contributed by atoms with van der Waals surface area (Å²) in [7, 11) is 1.76. The summed E-state index contributed by atoms with van der Waals surface area (Å²) in [5, 5.41) is 6.58. The van der Waals surface area contributed by atoms with Crippen molar-refractivity contribution in [1.82, 2.24) is 10.6 Å². The van der Waals surface area contributed by atoms with Gasteiger partial charge >= 0.3 is 0 Å². The molecule has 74 valence electrons. The van der Waals surface area contributed by atoms with Crippen molar-refractivity contribution < 1.29 is 4.74 Å². The van der Waals surface area contributed by atoms with E-state index in [2.05, 4.69) is 22.5 Å². The number of ether oxygens (including phenoxy) is 1. The molecular weight excluding hydrogens is 166 g/mol. The Labute approximate surface area is 78.8 Å². The Morgan fingerprint density at radius 1 is 1.69 bits per heavy atom. The van der Waals surface area contributed by atoms with Gasteiger partial charge in [-0.2, -0.15) is 0 Å². The van der Waals surface area contributed by atoms with E-state index in [-0.39, 0.29) is 5.60 Å². The maximum Gasteiger partial charge on any atom is 0.191 e. The van der Waals surface area contributed by atoms with Gasteiger partial charge in [0.05, 0.1) is 11.6 Å². The van der Waals surface area contributed by atoms with E-state index in [1.54, 1.807) is 7.11 Å².